The molecule has 1 aliphatic heterocycles. The lowest BCUT2D eigenvalue weighted by Gasteiger charge is -2.21. The van der Waals surface area contributed by atoms with Gasteiger partial charge in [0.1, 0.15) is 0 Å². The van der Waals surface area contributed by atoms with E-state index >= 15 is 0 Å². The first-order chi connectivity index (χ1) is 5.77. The quantitative estimate of drug-likeness (QED) is 0.671. The molecule has 1 aliphatic rings. The molecule has 0 aromatic carbocycles. The Bertz CT molecular complexity index is 176. The molecule has 0 aromatic rings. The van der Waals surface area contributed by atoms with Crippen LogP contribution in [0.4, 0.5) is 0 Å². The standard InChI is InChI=1S/C9H16N2O/c1-8(7-12)6-11-4-2-3-9(11)5-10/h8-9,12H,2-4,6-7H2,1H3. The molecule has 1 fully saturated rings. The van der Waals surface area contributed by atoms with Gasteiger partial charge in [-0.1, -0.05) is 6.92 Å². The maximum Gasteiger partial charge on any atom is 0.0978 e. The molecule has 68 valence electrons. The lowest BCUT2D eigenvalue weighted by Crippen LogP contribution is -2.33. The average molecular weight is 168 g/mol. The minimum atomic E-state index is 0.0963. The summed E-state index contributed by atoms with van der Waals surface area (Å²) in [6.07, 6.45) is 2.12. The zero-order valence-corrected chi connectivity index (χ0v) is 7.53. The summed E-state index contributed by atoms with van der Waals surface area (Å²) < 4.78 is 0. The molecule has 0 saturated carbocycles. The second kappa shape index (κ2) is 4.44. The van der Waals surface area contributed by atoms with Gasteiger partial charge in [0.15, 0.2) is 0 Å². The number of hydrogen-bond acceptors (Lipinski definition) is 3. The summed E-state index contributed by atoms with van der Waals surface area (Å²) in [5.41, 5.74) is 0. The first-order valence-corrected chi connectivity index (χ1v) is 4.52. The first kappa shape index (κ1) is 9.50. The van der Waals surface area contributed by atoms with Crippen LogP contribution in [0.25, 0.3) is 0 Å². The Kier molecular flexibility index (Phi) is 3.51. The summed E-state index contributed by atoms with van der Waals surface area (Å²) >= 11 is 0. The summed E-state index contributed by atoms with van der Waals surface area (Å²) in [5.74, 6) is 0.291. The third-order valence-electron chi connectivity index (χ3n) is 2.37. The van der Waals surface area contributed by atoms with Crippen molar-refractivity contribution in [2.75, 3.05) is 19.7 Å². The zero-order valence-electron chi connectivity index (χ0n) is 7.53. The maximum atomic E-state index is 8.84. The lowest BCUT2D eigenvalue weighted by molar-refractivity contribution is 0.178. The number of aliphatic hydroxyl groups is 1. The zero-order chi connectivity index (χ0) is 8.97. The highest BCUT2D eigenvalue weighted by molar-refractivity contribution is 4.95. The summed E-state index contributed by atoms with van der Waals surface area (Å²) in [6.45, 7) is 4.10. The average Bonchev–Trinajstić information content (AvgIpc) is 2.51. The Hall–Kier alpha value is -0.590. The Labute approximate surface area is 73.6 Å². The van der Waals surface area contributed by atoms with Gasteiger partial charge in [0.05, 0.1) is 12.1 Å². The fourth-order valence-corrected chi connectivity index (χ4v) is 1.65. The minimum absolute atomic E-state index is 0.0963. The van der Waals surface area contributed by atoms with Gasteiger partial charge in [0.25, 0.3) is 0 Å². The van der Waals surface area contributed by atoms with Crippen LogP contribution in [0.2, 0.25) is 0 Å². The molecule has 0 bridgehead atoms. The predicted octanol–water partition coefficient (Wildman–Crippen LogP) is 0.603. The van der Waals surface area contributed by atoms with Crippen molar-refractivity contribution in [1.82, 2.24) is 4.90 Å². The largest absolute Gasteiger partial charge is 0.396 e. The molecule has 0 radical (unpaired) electrons. The van der Waals surface area contributed by atoms with E-state index in [-0.39, 0.29) is 12.6 Å². The Morgan fingerprint density at radius 2 is 2.50 bits per heavy atom. The molecule has 0 aliphatic carbocycles. The van der Waals surface area contributed by atoms with Crippen molar-refractivity contribution in [3.63, 3.8) is 0 Å². The highest BCUT2D eigenvalue weighted by Gasteiger charge is 2.24. The fourth-order valence-electron chi connectivity index (χ4n) is 1.65. The number of aliphatic hydroxyl groups excluding tert-OH is 1. The van der Waals surface area contributed by atoms with Crippen LogP contribution in [-0.4, -0.2) is 35.7 Å². The van der Waals surface area contributed by atoms with Gasteiger partial charge in [-0.2, -0.15) is 5.26 Å². The molecule has 0 amide bonds. The van der Waals surface area contributed by atoms with E-state index in [1.54, 1.807) is 0 Å². The molecular weight excluding hydrogens is 152 g/mol. The number of likely N-dealkylation sites (tertiary alicyclic amines) is 1. The Morgan fingerprint density at radius 1 is 1.75 bits per heavy atom. The van der Waals surface area contributed by atoms with E-state index in [9.17, 15) is 0 Å². The van der Waals surface area contributed by atoms with Crippen molar-refractivity contribution in [3.05, 3.63) is 0 Å². The van der Waals surface area contributed by atoms with E-state index in [1.807, 2.05) is 6.92 Å². The van der Waals surface area contributed by atoms with Gasteiger partial charge >= 0.3 is 0 Å². The minimum Gasteiger partial charge on any atom is -0.396 e. The monoisotopic (exact) mass is 168 g/mol. The van der Waals surface area contributed by atoms with Gasteiger partial charge < -0.3 is 5.11 Å². The van der Waals surface area contributed by atoms with Gasteiger partial charge in [-0.05, 0) is 25.3 Å². The lowest BCUT2D eigenvalue weighted by atomic mass is 10.1. The second-order valence-corrected chi connectivity index (χ2v) is 3.57. The first-order valence-electron chi connectivity index (χ1n) is 4.52. The number of hydrogen-bond donors (Lipinski definition) is 1. The van der Waals surface area contributed by atoms with Gasteiger partial charge in [-0.15, -0.1) is 0 Å². The predicted molar refractivity (Wildman–Crippen MR) is 46.5 cm³/mol. The van der Waals surface area contributed by atoms with Crippen molar-refractivity contribution in [2.45, 2.75) is 25.8 Å². The van der Waals surface area contributed by atoms with Gasteiger partial charge in [-0.25, -0.2) is 0 Å². The van der Waals surface area contributed by atoms with E-state index in [2.05, 4.69) is 11.0 Å². The molecule has 1 saturated heterocycles. The van der Waals surface area contributed by atoms with E-state index in [4.69, 9.17) is 10.4 Å². The van der Waals surface area contributed by atoms with Gasteiger partial charge in [-0.3, -0.25) is 4.90 Å². The van der Waals surface area contributed by atoms with E-state index in [1.165, 1.54) is 0 Å². The molecule has 0 spiro atoms. The normalized spacial score (nSPS) is 26.9. The smallest absolute Gasteiger partial charge is 0.0978 e. The molecule has 3 nitrogen and oxygen atoms in total. The van der Waals surface area contributed by atoms with Gasteiger partial charge in [0.2, 0.25) is 0 Å². The fraction of sp³-hybridized carbons (Fsp3) is 0.889. The van der Waals surface area contributed by atoms with Crippen LogP contribution in [0.15, 0.2) is 0 Å². The van der Waals surface area contributed by atoms with Crippen molar-refractivity contribution in [2.24, 2.45) is 5.92 Å². The van der Waals surface area contributed by atoms with Crippen molar-refractivity contribution in [3.8, 4) is 6.07 Å². The number of rotatable bonds is 3. The van der Waals surface area contributed by atoms with Crippen LogP contribution in [0.3, 0.4) is 0 Å². The van der Waals surface area contributed by atoms with Crippen LogP contribution in [0.5, 0.6) is 0 Å². The summed E-state index contributed by atoms with van der Waals surface area (Å²) in [4.78, 5) is 2.17. The molecule has 3 heteroatoms. The van der Waals surface area contributed by atoms with Crippen molar-refractivity contribution >= 4 is 0 Å². The van der Waals surface area contributed by atoms with E-state index < -0.39 is 0 Å². The number of nitrogens with zero attached hydrogens (tertiary/aromatic N) is 2. The SMILES string of the molecule is CC(CO)CN1CCCC1C#N. The summed E-state index contributed by atoms with van der Waals surface area (Å²) in [6, 6.07) is 2.38. The van der Waals surface area contributed by atoms with Gasteiger partial charge in [0, 0.05) is 13.2 Å². The van der Waals surface area contributed by atoms with E-state index in [0.29, 0.717) is 5.92 Å². The summed E-state index contributed by atoms with van der Waals surface area (Å²) in [5, 5.41) is 17.6. The van der Waals surface area contributed by atoms with Crippen LogP contribution in [0.1, 0.15) is 19.8 Å². The molecule has 1 N–H and O–H groups in total. The Balaban J connectivity index is 2.36. The Morgan fingerprint density at radius 3 is 3.08 bits per heavy atom. The molecule has 1 rings (SSSR count). The third-order valence-corrected chi connectivity index (χ3v) is 2.37. The molecule has 2 atom stereocenters. The van der Waals surface area contributed by atoms with Crippen molar-refractivity contribution < 1.29 is 5.11 Å². The summed E-state index contributed by atoms with van der Waals surface area (Å²) in [7, 11) is 0. The maximum absolute atomic E-state index is 8.84. The van der Waals surface area contributed by atoms with Crippen molar-refractivity contribution in [1.29, 1.82) is 5.26 Å². The molecule has 0 aromatic heterocycles. The van der Waals surface area contributed by atoms with Crippen LogP contribution in [0, 0.1) is 17.2 Å². The highest BCUT2D eigenvalue weighted by atomic mass is 16.3. The molecular formula is C9H16N2O. The van der Waals surface area contributed by atoms with Crippen LogP contribution < -0.4 is 0 Å². The third kappa shape index (κ3) is 2.20. The molecule has 2 unspecified atom stereocenters. The molecule has 12 heavy (non-hydrogen) atoms. The van der Waals surface area contributed by atoms with Crippen LogP contribution in [-0.2, 0) is 0 Å². The molecule has 1 heterocycles. The topological polar surface area (TPSA) is 47.3 Å². The highest BCUT2D eigenvalue weighted by Crippen LogP contribution is 2.17. The van der Waals surface area contributed by atoms with Crippen LogP contribution >= 0.6 is 0 Å². The van der Waals surface area contributed by atoms with E-state index in [0.717, 1.165) is 25.9 Å². The second-order valence-electron chi connectivity index (χ2n) is 3.57. The number of nitriles is 1.